The van der Waals surface area contributed by atoms with Crippen LogP contribution in [0.15, 0.2) is 128 Å². The minimum absolute atomic E-state index is 0.489. The predicted octanol–water partition coefficient (Wildman–Crippen LogP) is 15.0. The highest BCUT2D eigenvalue weighted by Crippen LogP contribution is 2.56. The van der Waals surface area contributed by atoms with E-state index in [-0.39, 0.29) is 0 Å². The van der Waals surface area contributed by atoms with Crippen LogP contribution in [0.1, 0.15) is 212 Å². The molecule has 1 aliphatic rings. The number of phosphoric acid groups is 2. The van der Waals surface area contributed by atoms with Crippen molar-refractivity contribution in [2.24, 2.45) is 0 Å². The third-order valence-corrected chi connectivity index (χ3v) is 15.9. The van der Waals surface area contributed by atoms with Gasteiger partial charge in [-0.05, 0) is 212 Å². The Morgan fingerprint density at radius 1 is 0.413 bits per heavy atom. The smallest absolute Gasteiger partial charge is 0.276 e. The molecule has 12 nitrogen and oxygen atoms in total. The van der Waals surface area contributed by atoms with E-state index < -0.39 is 59.6 Å². The van der Waals surface area contributed by atoms with E-state index in [0.29, 0.717) is 6.42 Å². The van der Waals surface area contributed by atoms with Crippen LogP contribution in [0.2, 0.25) is 0 Å². The van der Waals surface area contributed by atoms with Crippen LogP contribution >= 0.6 is 15.6 Å². The highest BCUT2D eigenvalue weighted by atomic mass is 31.3. The lowest BCUT2D eigenvalue weighted by molar-refractivity contribution is -0.304. The zero-order chi connectivity index (χ0) is 56.4. The van der Waals surface area contributed by atoms with Gasteiger partial charge in [-0.3, -0.25) is 13.7 Å². The molecule has 1 rings (SSSR count). The molecule has 14 heteroatoms. The molecule has 0 aromatic carbocycles. The number of ether oxygens (including phenoxy) is 1. The number of aliphatic hydroxyl groups is 4. The van der Waals surface area contributed by atoms with E-state index in [1.807, 2.05) is 0 Å². The van der Waals surface area contributed by atoms with Crippen LogP contribution in [-0.2, 0) is 27.2 Å². The van der Waals surface area contributed by atoms with Crippen LogP contribution in [0.25, 0.3) is 0 Å². The zero-order valence-electron chi connectivity index (χ0n) is 48.2. The molecule has 1 aliphatic heterocycles. The van der Waals surface area contributed by atoms with E-state index >= 15 is 0 Å². The summed E-state index contributed by atoms with van der Waals surface area (Å²) in [7, 11) is -11.1. The largest absolute Gasteiger partial charge is 0.756 e. The van der Waals surface area contributed by atoms with E-state index in [4.69, 9.17) is 4.74 Å². The predicted molar refractivity (Wildman–Crippen MR) is 306 cm³/mol. The van der Waals surface area contributed by atoms with Crippen molar-refractivity contribution in [1.29, 1.82) is 0 Å². The molecule has 0 saturated carbocycles. The molecule has 4 N–H and O–H groups in total. The van der Waals surface area contributed by atoms with Gasteiger partial charge in [0.25, 0.3) is 15.6 Å². The van der Waals surface area contributed by atoms with E-state index in [1.54, 1.807) is 6.92 Å². The molecule has 1 saturated heterocycles. The summed E-state index contributed by atoms with van der Waals surface area (Å²) < 4.78 is 42.5. The zero-order valence-corrected chi connectivity index (χ0v) is 50.0. The van der Waals surface area contributed by atoms with Gasteiger partial charge in [-0.2, -0.15) is 0 Å². The molecule has 1 fully saturated rings. The molecule has 1 heterocycles. The Morgan fingerprint density at radius 2 is 0.680 bits per heavy atom. The molecule has 0 aromatic heterocycles. The Bertz CT molecular complexity index is 2130. The fraction of sp³-hybridized carbons (Fsp3) is 0.639. The highest BCUT2D eigenvalue weighted by Gasteiger charge is 2.45. The van der Waals surface area contributed by atoms with Crippen LogP contribution < -0.4 is 9.79 Å². The summed E-state index contributed by atoms with van der Waals surface area (Å²) in [4.78, 5) is 24.4. The Morgan fingerprint density at radius 3 is 0.947 bits per heavy atom. The SMILES string of the molecule is CC(C)=CCC/C(C)=C/CC/C(C)=C/CC/C(C)=C/CC/C(C)=C/CC/C(C)=C/CC/C(C)=C/CC/C(C)=C/CC/C(C)=C/CC/C(C)=C/CC/C(C)=C/COP(=O)([O-])OP(=O)([O-])O[C@H]1O[C@H](CO)[C@H](O)[C@H](O)[C@H]1O. The van der Waals surface area contributed by atoms with Gasteiger partial charge in [0.15, 0.2) is 6.29 Å². The van der Waals surface area contributed by atoms with Crippen molar-refractivity contribution >= 4 is 15.6 Å². The normalized spacial score (nSPS) is 22.1. The summed E-state index contributed by atoms with van der Waals surface area (Å²) in [5, 5.41) is 38.8. The van der Waals surface area contributed by atoms with Crippen molar-refractivity contribution in [3.05, 3.63) is 128 Å². The minimum atomic E-state index is -5.70. The topological polar surface area (TPSA) is 198 Å². The maximum Gasteiger partial charge on any atom is 0.276 e. The lowest BCUT2D eigenvalue weighted by atomic mass is 10.00. The Labute approximate surface area is 454 Å². The van der Waals surface area contributed by atoms with Gasteiger partial charge in [-0.1, -0.05) is 128 Å². The molecule has 0 amide bonds. The fourth-order valence-electron chi connectivity index (χ4n) is 8.24. The Hall–Kier alpha value is -2.80. The van der Waals surface area contributed by atoms with Crippen LogP contribution in [0.5, 0.6) is 0 Å². The van der Waals surface area contributed by atoms with E-state index in [1.165, 1.54) is 68.2 Å². The first-order valence-electron chi connectivity index (χ1n) is 27.5. The molecule has 428 valence electrons. The summed E-state index contributed by atoms with van der Waals surface area (Å²) >= 11 is 0. The van der Waals surface area contributed by atoms with Gasteiger partial charge in [-0.25, -0.2) is 4.31 Å². The van der Waals surface area contributed by atoms with Gasteiger partial charge < -0.3 is 39.5 Å². The molecule has 0 bridgehead atoms. The lowest BCUT2D eigenvalue weighted by Gasteiger charge is -2.41. The van der Waals surface area contributed by atoms with Gasteiger partial charge in [0, 0.05) is 0 Å². The molecular weight excluding hydrogens is 987 g/mol. The Kier molecular flexibility index (Phi) is 37.0. The molecule has 0 radical (unpaired) electrons. The van der Waals surface area contributed by atoms with Crippen LogP contribution in [0.3, 0.4) is 0 Å². The Balaban J connectivity index is 2.29. The molecule has 2 unspecified atom stereocenters. The number of phosphoric ester groups is 2. The average Bonchev–Trinajstić information content (AvgIpc) is 3.31. The van der Waals surface area contributed by atoms with Crippen LogP contribution in [0, 0.1) is 0 Å². The summed E-state index contributed by atoms with van der Waals surface area (Å²) in [5.74, 6) is 0. The molecule has 0 spiro atoms. The van der Waals surface area contributed by atoms with Crippen LogP contribution in [-0.4, -0.2) is 64.3 Å². The maximum atomic E-state index is 12.2. The summed E-state index contributed by atoms with van der Waals surface area (Å²) in [5.41, 5.74) is 15.2. The van der Waals surface area contributed by atoms with Gasteiger partial charge in [0.2, 0.25) is 0 Å². The van der Waals surface area contributed by atoms with Crippen LogP contribution in [0.4, 0.5) is 0 Å². The van der Waals surface area contributed by atoms with Gasteiger partial charge in [-0.15, -0.1) is 0 Å². The quantitative estimate of drug-likeness (QED) is 0.0338. The number of aliphatic hydroxyl groups excluding tert-OH is 4. The summed E-state index contributed by atoms with van der Waals surface area (Å²) in [6, 6.07) is 0. The highest BCUT2D eigenvalue weighted by molar-refractivity contribution is 7.59. The third kappa shape index (κ3) is 36.1. The minimum Gasteiger partial charge on any atom is -0.756 e. The first-order valence-corrected chi connectivity index (χ1v) is 30.4. The van der Waals surface area contributed by atoms with Crippen molar-refractivity contribution in [3.63, 3.8) is 0 Å². The van der Waals surface area contributed by atoms with Gasteiger partial charge in [0.1, 0.15) is 24.4 Å². The van der Waals surface area contributed by atoms with Crippen molar-refractivity contribution in [2.45, 2.75) is 242 Å². The fourth-order valence-corrected chi connectivity index (χ4v) is 10.3. The maximum absolute atomic E-state index is 12.2. The number of allylic oxidation sites excluding steroid dienone is 21. The first-order chi connectivity index (χ1) is 35.3. The number of rotatable bonds is 38. The average molecular weight is 1090 g/mol. The van der Waals surface area contributed by atoms with Crippen molar-refractivity contribution in [2.75, 3.05) is 13.2 Å². The molecule has 75 heavy (non-hydrogen) atoms. The van der Waals surface area contributed by atoms with Crippen molar-refractivity contribution in [3.8, 4) is 0 Å². The van der Waals surface area contributed by atoms with Gasteiger partial charge in [0.05, 0.1) is 13.2 Å². The standard InChI is InChI=1S/C61H102O12P2/c1-46(2)23-13-24-47(3)25-14-26-48(4)27-15-28-49(5)29-16-30-50(6)31-17-32-51(7)33-18-34-52(8)35-19-36-53(9)37-20-38-54(10)39-21-40-55(11)41-22-42-56(12)43-44-70-74(66,67)73-75(68,69)72-61-60(65)59(64)58(63)57(45-62)71-61/h23,25,27,29,31,33,35,37,39,41,43,57-65H,13-22,24,26,28,30,32,34,36,38,40,42,44-45H2,1-12H3,(H,66,67)(H,68,69)/p-2/b47-25+,48-27+,49-29+,50-31+,51-33+,52-35+,53-37+,54-39+,55-41+,56-43+/t57-,58+,59+,60-,61-/m1/s1. The molecule has 0 aromatic rings. The second-order valence-corrected chi connectivity index (χ2v) is 24.2. The first kappa shape index (κ1) is 70.2. The second-order valence-electron chi connectivity index (χ2n) is 21.2. The van der Waals surface area contributed by atoms with Gasteiger partial charge >= 0.3 is 0 Å². The number of hydrogen-bond acceptors (Lipinski definition) is 12. The monoisotopic (exact) mass is 1090 g/mol. The lowest BCUT2D eigenvalue weighted by Crippen LogP contribution is -2.59. The third-order valence-electron chi connectivity index (χ3n) is 13.3. The molecular formula is C61H100O12P2-2. The summed E-state index contributed by atoms with van der Waals surface area (Å²) in [6.45, 7) is 24.9. The molecule has 0 aliphatic carbocycles. The van der Waals surface area contributed by atoms with E-state index in [0.717, 1.165) is 121 Å². The van der Waals surface area contributed by atoms with Crippen molar-refractivity contribution < 1.29 is 57.4 Å². The number of hydrogen-bond donors (Lipinski definition) is 4. The van der Waals surface area contributed by atoms with Crippen molar-refractivity contribution in [1.82, 2.24) is 0 Å². The second kappa shape index (κ2) is 39.5. The summed E-state index contributed by atoms with van der Waals surface area (Å²) in [6.07, 6.45) is 36.9. The van der Waals surface area contributed by atoms with E-state index in [2.05, 4.69) is 150 Å². The van der Waals surface area contributed by atoms with E-state index in [9.17, 15) is 39.3 Å². The molecule has 7 atom stereocenters.